The Hall–Kier alpha value is -1.23. The first-order valence-corrected chi connectivity index (χ1v) is 7.43. The lowest BCUT2D eigenvalue weighted by Gasteiger charge is -2.14. The van der Waals surface area contributed by atoms with Gasteiger partial charge in [0.25, 0.3) is 5.69 Å². The third kappa shape index (κ3) is 2.96. The second-order valence-corrected chi connectivity index (χ2v) is 5.93. The maximum Gasteiger partial charge on any atom is 0.292 e. The predicted octanol–water partition coefficient (Wildman–Crippen LogP) is 3.60. The number of benzene rings is 1. The van der Waals surface area contributed by atoms with Gasteiger partial charge in [0.15, 0.2) is 0 Å². The molecule has 0 radical (unpaired) electrons. The van der Waals surface area contributed by atoms with Crippen molar-refractivity contribution in [1.29, 1.82) is 0 Å². The van der Waals surface area contributed by atoms with Crippen molar-refractivity contribution in [2.75, 3.05) is 11.6 Å². The lowest BCUT2D eigenvalue weighted by atomic mass is 10.1. The zero-order valence-electron chi connectivity index (χ0n) is 10.7. The normalized spacial score (nSPS) is 23.0. The molecule has 0 aromatic heterocycles. The molecule has 2 atom stereocenters. The summed E-state index contributed by atoms with van der Waals surface area (Å²) in [5.41, 5.74) is 1.88. The first-order valence-electron chi connectivity index (χ1n) is 6.14. The van der Waals surface area contributed by atoms with E-state index in [0.29, 0.717) is 17.0 Å². The Morgan fingerprint density at radius 3 is 2.83 bits per heavy atom. The molecule has 0 spiro atoms. The van der Waals surface area contributed by atoms with Gasteiger partial charge in [0.1, 0.15) is 5.69 Å². The zero-order chi connectivity index (χ0) is 13.1. The minimum Gasteiger partial charge on any atom is -0.377 e. The van der Waals surface area contributed by atoms with Crippen molar-refractivity contribution in [3.05, 3.63) is 33.9 Å². The van der Waals surface area contributed by atoms with Crippen LogP contribution in [0.3, 0.4) is 0 Å². The number of nitro benzene ring substituents is 1. The Morgan fingerprint density at radius 2 is 2.22 bits per heavy atom. The molecular formula is C13H18N2O2S. The quantitative estimate of drug-likeness (QED) is 0.668. The maximum absolute atomic E-state index is 11.0. The van der Waals surface area contributed by atoms with Crippen molar-refractivity contribution < 1.29 is 4.92 Å². The topological polar surface area (TPSA) is 55.2 Å². The van der Waals surface area contributed by atoms with Gasteiger partial charge in [0.05, 0.1) is 4.92 Å². The summed E-state index contributed by atoms with van der Waals surface area (Å²) in [4.78, 5) is 10.7. The number of anilines is 1. The smallest absolute Gasteiger partial charge is 0.292 e. The van der Waals surface area contributed by atoms with Crippen LogP contribution in [-0.2, 0) is 0 Å². The molecule has 98 valence electrons. The van der Waals surface area contributed by atoms with Crippen molar-refractivity contribution in [3.63, 3.8) is 0 Å². The summed E-state index contributed by atoms with van der Waals surface area (Å²) in [6.07, 6.45) is 5.50. The van der Waals surface area contributed by atoms with Gasteiger partial charge in [-0.05, 0) is 44.1 Å². The molecule has 2 rings (SSSR count). The van der Waals surface area contributed by atoms with Crippen LogP contribution >= 0.6 is 11.8 Å². The number of nitrogens with one attached hydrogen (secondary N) is 1. The van der Waals surface area contributed by atoms with E-state index in [-0.39, 0.29) is 10.6 Å². The van der Waals surface area contributed by atoms with E-state index < -0.39 is 0 Å². The summed E-state index contributed by atoms with van der Waals surface area (Å²) < 4.78 is 0. The van der Waals surface area contributed by atoms with E-state index in [2.05, 4.69) is 11.6 Å². The van der Waals surface area contributed by atoms with Crippen LogP contribution in [0.2, 0.25) is 0 Å². The molecule has 1 aliphatic rings. The minimum atomic E-state index is -0.317. The Morgan fingerprint density at radius 1 is 1.44 bits per heavy atom. The molecule has 4 nitrogen and oxygen atoms in total. The van der Waals surface area contributed by atoms with E-state index in [9.17, 15) is 10.1 Å². The molecule has 0 heterocycles. The maximum atomic E-state index is 11.0. The van der Waals surface area contributed by atoms with E-state index in [1.165, 1.54) is 6.42 Å². The molecule has 0 bridgehead atoms. The number of hydrogen-bond acceptors (Lipinski definition) is 4. The van der Waals surface area contributed by atoms with Crippen LogP contribution in [-0.4, -0.2) is 22.5 Å². The lowest BCUT2D eigenvalue weighted by molar-refractivity contribution is -0.384. The number of nitro groups is 1. The van der Waals surface area contributed by atoms with Gasteiger partial charge in [-0.3, -0.25) is 10.1 Å². The highest BCUT2D eigenvalue weighted by Crippen LogP contribution is 2.33. The van der Waals surface area contributed by atoms with Gasteiger partial charge < -0.3 is 5.32 Å². The van der Waals surface area contributed by atoms with Gasteiger partial charge in [-0.25, -0.2) is 0 Å². The van der Waals surface area contributed by atoms with Crippen molar-refractivity contribution in [2.45, 2.75) is 37.5 Å². The number of thioether (sulfide) groups is 1. The zero-order valence-corrected chi connectivity index (χ0v) is 11.5. The minimum absolute atomic E-state index is 0.174. The average molecular weight is 266 g/mol. The Labute approximate surface area is 111 Å². The summed E-state index contributed by atoms with van der Waals surface area (Å²) in [6.45, 7) is 1.95. The van der Waals surface area contributed by atoms with Crippen molar-refractivity contribution in [3.8, 4) is 0 Å². The van der Waals surface area contributed by atoms with Gasteiger partial charge in [0, 0.05) is 17.4 Å². The Balaban J connectivity index is 2.13. The van der Waals surface area contributed by atoms with Crippen LogP contribution in [0.15, 0.2) is 18.2 Å². The second kappa shape index (κ2) is 5.61. The van der Waals surface area contributed by atoms with Crippen LogP contribution in [0, 0.1) is 17.0 Å². The van der Waals surface area contributed by atoms with Gasteiger partial charge in [0.2, 0.25) is 0 Å². The molecule has 0 saturated heterocycles. The van der Waals surface area contributed by atoms with E-state index in [4.69, 9.17) is 0 Å². The summed E-state index contributed by atoms with van der Waals surface area (Å²) in [5.74, 6) is 0. The summed E-state index contributed by atoms with van der Waals surface area (Å²) in [6, 6.07) is 5.59. The lowest BCUT2D eigenvalue weighted by Crippen LogP contribution is -2.17. The summed E-state index contributed by atoms with van der Waals surface area (Å²) in [7, 11) is 0. The van der Waals surface area contributed by atoms with E-state index in [0.717, 1.165) is 18.4 Å². The highest BCUT2D eigenvalue weighted by atomic mass is 32.2. The molecule has 1 saturated carbocycles. The van der Waals surface area contributed by atoms with Gasteiger partial charge in [-0.2, -0.15) is 11.8 Å². The molecule has 5 heteroatoms. The van der Waals surface area contributed by atoms with Crippen molar-refractivity contribution in [2.24, 2.45) is 0 Å². The van der Waals surface area contributed by atoms with Gasteiger partial charge in [-0.15, -0.1) is 0 Å². The predicted molar refractivity (Wildman–Crippen MR) is 76.4 cm³/mol. The first-order chi connectivity index (χ1) is 8.60. The molecule has 1 N–H and O–H groups in total. The van der Waals surface area contributed by atoms with Crippen LogP contribution in [0.1, 0.15) is 24.8 Å². The fraction of sp³-hybridized carbons (Fsp3) is 0.538. The van der Waals surface area contributed by atoms with Crippen LogP contribution < -0.4 is 5.32 Å². The highest BCUT2D eigenvalue weighted by Gasteiger charge is 2.25. The molecule has 1 aromatic rings. The van der Waals surface area contributed by atoms with Gasteiger partial charge in [-0.1, -0.05) is 6.07 Å². The Kier molecular flexibility index (Phi) is 4.11. The molecule has 1 fully saturated rings. The Bertz CT molecular complexity index is 451. The molecule has 0 amide bonds. The third-order valence-corrected chi connectivity index (χ3v) is 4.52. The highest BCUT2D eigenvalue weighted by molar-refractivity contribution is 7.99. The van der Waals surface area contributed by atoms with E-state index in [1.54, 1.807) is 12.1 Å². The molecule has 1 aromatic carbocycles. The summed E-state index contributed by atoms with van der Waals surface area (Å²) >= 11 is 1.89. The van der Waals surface area contributed by atoms with E-state index in [1.807, 2.05) is 24.8 Å². The summed E-state index contributed by atoms with van der Waals surface area (Å²) in [5, 5.41) is 15.0. The standard InChI is InChI=1S/C13H18N2O2S/c1-9-3-6-13(15(16)17)12(7-9)14-10-4-5-11(8-10)18-2/h3,6-7,10-11,14H,4-5,8H2,1-2H3. The molecule has 18 heavy (non-hydrogen) atoms. The third-order valence-electron chi connectivity index (χ3n) is 3.43. The molecule has 2 unspecified atom stereocenters. The monoisotopic (exact) mass is 266 g/mol. The number of nitrogens with zero attached hydrogens (tertiary/aromatic N) is 1. The van der Waals surface area contributed by atoms with Crippen molar-refractivity contribution in [1.82, 2.24) is 0 Å². The average Bonchev–Trinajstić information content (AvgIpc) is 2.76. The van der Waals surface area contributed by atoms with E-state index >= 15 is 0 Å². The van der Waals surface area contributed by atoms with Crippen LogP contribution in [0.25, 0.3) is 0 Å². The number of aryl methyl sites for hydroxylation is 1. The molecule has 1 aliphatic carbocycles. The first kappa shape index (κ1) is 13.2. The fourth-order valence-electron chi connectivity index (χ4n) is 2.43. The largest absolute Gasteiger partial charge is 0.377 e. The van der Waals surface area contributed by atoms with Crippen molar-refractivity contribution >= 4 is 23.1 Å². The van der Waals surface area contributed by atoms with Crippen LogP contribution in [0.4, 0.5) is 11.4 Å². The van der Waals surface area contributed by atoms with Gasteiger partial charge >= 0.3 is 0 Å². The SMILES string of the molecule is CSC1CCC(Nc2cc(C)ccc2[N+](=O)[O-])C1. The molecular weight excluding hydrogens is 248 g/mol. The second-order valence-electron chi connectivity index (χ2n) is 4.79. The van der Waals surface area contributed by atoms with Crippen LogP contribution in [0.5, 0.6) is 0 Å². The fourth-order valence-corrected chi connectivity index (χ4v) is 3.23. The number of rotatable bonds is 4. The molecule has 0 aliphatic heterocycles. The number of hydrogen-bond donors (Lipinski definition) is 1.